The van der Waals surface area contributed by atoms with E-state index < -0.39 is 0 Å². The molecule has 6 nitrogen and oxygen atoms in total. The summed E-state index contributed by atoms with van der Waals surface area (Å²) in [5.41, 5.74) is 0.614. The van der Waals surface area contributed by atoms with Gasteiger partial charge in [-0.2, -0.15) is 0 Å². The molecule has 6 heteroatoms. The lowest BCUT2D eigenvalue weighted by Gasteiger charge is -2.32. The zero-order valence-electron chi connectivity index (χ0n) is 13.5. The van der Waals surface area contributed by atoms with E-state index in [1.165, 1.54) is 6.92 Å². The fourth-order valence-electron chi connectivity index (χ4n) is 2.65. The molecule has 0 radical (unpaired) electrons. The summed E-state index contributed by atoms with van der Waals surface area (Å²) in [6, 6.07) is 3.53. The molecule has 0 aromatic carbocycles. The number of nitrogens with one attached hydrogen (secondary N) is 1. The Morgan fingerprint density at radius 3 is 2.61 bits per heavy atom. The maximum atomic E-state index is 12.3. The van der Waals surface area contributed by atoms with Crippen LogP contribution in [0.25, 0.3) is 0 Å². The Bertz CT molecular complexity index is 551. The summed E-state index contributed by atoms with van der Waals surface area (Å²) in [4.78, 5) is 40.6. The standard InChI is InChI=1S/C17H23N3O3/c1-13(21)4-5-16(22)19-11-14-6-9-20(10-7-14)17(23)15-3-2-8-18-12-15/h2-3,8,12,14H,4-7,9-11H2,1H3,(H,19,22). The fraction of sp³-hybridized carbons (Fsp3) is 0.529. The molecule has 124 valence electrons. The van der Waals surface area contributed by atoms with Gasteiger partial charge in [0.1, 0.15) is 5.78 Å². The predicted molar refractivity (Wildman–Crippen MR) is 85.8 cm³/mol. The number of nitrogens with zero attached hydrogens (tertiary/aromatic N) is 2. The van der Waals surface area contributed by atoms with Gasteiger partial charge in [0, 0.05) is 44.9 Å². The minimum Gasteiger partial charge on any atom is -0.356 e. The summed E-state index contributed by atoms with van der Waals surface area (Å²) >= 11 is 0. The highest BCUT2D eigenvalue weighted by molar-refractivity contribution is 5.93. The second-order valence-electron chi connectivity index (χ2n) is 5.98. The van der Waals surface area contributed by atoms with Crippen molar-refractivity contribution in [2.45, 2.75) is 32.6 Å². The smallest absolute Gasteiger partial charge is 0.255 e. The van der Waals surface area contributed by atoms with E-state index in [1.807, 2.05) is 4.90 Å². The topological polar surface area (TPSA) is 79.4 Å². The highest BCUT2D eigenvalue weighted by Crippen LogP contribution is 2.18. The van der Waals surface area contributed by atoms with Crippen LogP contribution in [0, 0.1) is 5.92 Å². The lowest BCUT2D eigenvalue weighted by molar-refractivity contribution is -0.124. The molecular weight excluding hydrogens is 294 g/mol. The number of likely N-dealkylation sites (tertiary alicyclic amines) is 1. The van der Waals surface area contributed by atoms with Crippen LogP contribution in [0.15, 0.2) is 24.5 Å². The SMILES string of the molecule is CC(=O)CCC(=O)NCC1CCN(C(=O)c2cccnc2)CC1. The molecule has 0 aliphatic carbocycles. The molecule has 23 heavy (non-hydrogen) atoms. The summed E-state index contributed by atoms with van der Waals surface area (Å²) in [7, 11) is 0. The van der Waals surface area contributed by atoms with Crippen LogP contribution in [0.2, 0.25) is 0 Å². The fourth-order valence-corrected chi connectivity index (χ4v) is 2.65. The second kappa shape index (κ2) is 8.41. The largest absolute Gasteiger partial charge is 0.356 e. The van der Waals surface area contributed by atoms with Crippen LogP contribution < -0.4 is 5.32 Å². The molecule has 0 bridgehead atoms. The number of carbonyl (C=O) groups is 3. The number of amides is 2. The lowest BCUT2D eigenvalue weighted by atomic mass is 9.96. The van der Waals surface area contributed by atoms with Gasteiger partial charge in [-0.1, -0.05) is 0 Å². The first-order valence-electron chi connectivity index (χ1n) is 8.01. The van der Waals surface area contributed by atoms with Crippen molar-refractivity contribution in [2.24, 2.45) is 5.92 Å². The number of aromatic nitrogens is 1. The van der Waals surface area contributed by atoms with Crippen molar-refractivity contribution in [2.75, 3.05) is 19.6 Å². The van der Waals surface area contributed by atoms with Crippen LogP contribution in [-0.4, -0.2) is 47.1 Å². The molecule has 1 aromatic rings. The summed E-state index contributed by atoms with van der Waals surface area (Å²) in [5, 5.41) is 2.88. The lowest BCUT2D eigenvalue weighted by Crippen LogP contribution is -2.41. The molecule has 0 unspecified atom stereocenters. The molecule has 1 aromatic heterocycles. The Balaban J connectivity index is 1.71. The molecule has 0 atom stereocenters. The van der Waals surface area contributed by atoms with Crippen molar-refractivity contribution >= 4 is 17.6 Å². The van der Waals surface area contributed by atoms with E-state index in [0.717, 1.165) is 12.8 Å². The second-order valence-corrected chi connectivity index (χ2v) is 5.98. The van der Waals surface area contributed by atoms with Crippen molar-refractivity contribution in [1.82, 2.24) is 15.2 Å². The van der Waals surface area contributed by atoms with Crippen LogP contribution in [0.3, 0.4) is 0 Å². The number of Topliss-reactive ketones (excluding diaryl/α,β-unsaturated/α-hetero) is 1. The van der Waals surface area contributed by atoms with Crippen LogP contribution in [0.4, 0.5) is 0 Å². The third-order valence-corrected chi connectivity index (χ3v) is 4.10. The first-order valence-corrected chi connectivity index (χ1v) is 8.01. The van der Waals surface area contributed by atoms with Gasteiger partial charge in [-0.15, -0.1) is 0 Å². The van der Waals surface area contributed by atoms with E-state index in [0.29, 0.717) is 37.5 Å². The van der Waals surface area contributed by atoms with Gasteiger partial charge < -0.3 is 15.0 Å². The van der Waals surface area contributed by atoms with Crippen LogP contribution in [-0.2, 0) is 9.59 Å². The minimum atomic E-state index is -0.0749. The van der Waals surface area contributed by atoms with Crippen molar-refractivity contribution in [1.29, 1.82) is 0 Å². The van der Waals surface area contributed by atoms with Gasteiger partial charge >= 0.3 is 0 Å². The van der Waals surface area contributed by atoms with E-state index in [-0.39, 0.29) is 24.0 Å². The molecule has 1 N–H and O–H groups in total. The Kier molecular flexibility index (Phi) is 6.26. The zero-order chi connectivity index (χ0) is 16.7. The molecular formula is C17H23N3O3. The van der Waals surface area contributed by atoms with E-state index in [1.54, 1.807) is 24.5 Å². The van der Waals surface area contributed by atoms with Gasteiger partial charge in [-0.3, -0.25) is 14.6 Å². The molecule has 0 spiro atoms. The highest BCUT2D eigenvalue weighted by atomic mass is 16.2. The zero-order valence-corrected chi connectivity index (χ0v) is 13.5. The maximum Gasteiger partial charge on any atom is 0.255 e. The number of hydrogen-bond acceptors (Lipinski definition) is 4. The van der Waals surface area contributed by atoms with Crippen LogP contribution >= 0.6 is 0 Å². The Labute approximate surface area is 136 Å². The molecule has 0 saturated carbocycles. The first kappa shape index (κ1) is 17.1. The van der Waals surface area contributed by atoms with E-state index in [9.17, 15) is 14.4 Å². The van der Waals surface area contributed by atoms with Crippen molar-refractivity contribution in [3.05, 3.63) is 30.1 Å². The molecule has 1 fully saturated rings. The summed E-state index contributed by atoms with van der Waals surface area (Å²) < 4.78 is 0. The van der Waals surface area contributed by atoms with Crippen molar-refractivity contribution < 1.29 is 14.4 Å². The van der Waals surface area contributed by atoms with E-state index in [4.69, 9.17) is 0 Å². The number of pyridine rings is 1. The monoisotopic (exact) mass is 317 g/mol. The summed E-state index contributed by atoms with van der Waals surface area (Å²) in [5.74, 6) is 0.354. The maximum absolute atomic E-state index is 12.3. The predicted octanol–water partition coefficient (Wildman–Crippen LogP) is 1.42. The number of ketones is 1. The first-order chi connectivity index (χ1) is 11.1. The van der Waals surface area contributed by atoms with Gasteiger partial charge in [0.2, 0.25) is 5.91 Å². The van der Waals surface area contributed by atoms with Gasteiger partial charge in [0.05, 0.1) is 5.56 Å². The van der Waals surface area contributed by atoms with Crippen LogP contribution in [0.1, 0.15) is 43.0 Å². The van der Waals surface area contributed by atoms with E-state index in [2.05, 4.69) is 10.3 Å². The molecule has 1 saturated heterocycles. The molecule has 2 rings (SSSR count). The molecule has 2 amide bonds. The number of hydrogen-bond donors (Lipinski definition) is 1. The van der Waals surface area contributed by atoms with Gasteiger partial charge in [0.25, 0.3) is 5.91 Å². The van der Waals surface area contributed by atoms with E-state index >= 15 is 0 Å². The molecule has 1 aliphatic heterocycles. The molecule has 2 heterocycles. The van der Waals surface area contributed by atoms with Crippen molar-refractivity contribution in [3.8, 4) is 0 Å². The highest BCUT2D eigenvalue weighted by Gasteiger charge is 2.23. The van der Waals surface area contributed by atoms with Gasteiger partial charge in [-0.05, 0) is 37.8 Å². The minimum absolute atomic E-state index is 0.0158. The Hall–Kier alpha value is -2.24. The van der Waals surface area contributed by atoms with Crippen LogP contribution in [0.5, 0.6) is 0 Å². The van der Waals surface area contributed by atoms with Crippen molar-refractivity contribution in [3.63, 3.8) is 0 Å². The number of rotatable bonds is 6. The summed E-state index contributed by atoms with van der Waals surface area (Å²) in [6.07, 6.45) is 5.54. The molecule has 1 aliphatic rings. The quantitative estimate of drug-likeness (QED) is 0.860. The normalized spacial score (nSPS) is 15.3. The average molecular weight is 317 g/mol. The summed E-state index contributed by atoms with van der Waals surface area (Å²) in [6.45, 7) is 3.50. The third-order valence-electron chi connectivity index (χ3n) is 4.10. The number of piperidine rings is 1. The Morgan fingerprint density at radius 1 is 1.26 bits per heavy atom. The Morgan fingerprint density at radius 2 is 2.00 bits per heavy atom. The third kappa shape index (κ3) is 5.47. The van der Waals surface area contributed by atoms with Gasteiger partial charge in [-0.25, -0.2) is 0 Å². The average Bonchev–Trinajstić information content (AvgIpc) is 2.58. The van der Waals surface area contributed by atoms with Gasteiger partial charge in [0.15, 0.2) is 0 Å². The number of carbonyl (C=O) groups excluding carboxylic acids is 3.